The zero-order chi connectivity index (χ0) is 15.9. The molecule has 0 spiro atoms. The van der Waals surface area contributed by atoms with E-state index in [2.05, 4.69) is 38.1 Å². The largest absolute Gasteiger partial charge is 0.397 e. The monoisotopic (exact) mass is 308 g/mol. The van der Waals surface area contributed by atoms with Gasteiger partial charge in [-0.1, -0.05) is 27.7 Å². The topological polar surface area (TPSA) is 72.9 Å². The van der Waals surface area contributed by atoms with Crippen molar-refractivity contribution in [2.24, 2.45) is 18.4 Å². The Labute approximate surface area is 129 Å². The number of hydrogen-bond acceptors (Lipinski definition) is 4. The Morgan fingerprint density at radius 1 is 1.48 bits per heavy atom. The molecule has 0 saturated carbocycles. The fourth-order valence-electron chi connectivity index (χ4n) is 2.09. The van der Waals surface area contributed by atoms with E-state index in [-0.39, 0.29) is 11.3 Å². The number of aryl methyl sites for hydroxylation is 2. The smallest absolute Gasteiger partial charge is 0.263 e. The van der Waals surface area contributed by atoms with E-state index in [4.69, 9.17) is 5.73 Å². The third-order valence-corrected chi connectivity index (χ3v) is 5.63. The number of aromatic nitrogens is 2. The molecule has 2 rings (SSSR count). The van der Waals surface area contributed by atoms with Crippen molar-refractivity contribution >= 4 is 33.1 Å². The van der Waals surface area contributed by atoms with E-state index in [9.17, 15) is 4.79 Å². The fraction of sp³-hybridized carbons (Fsp3) is 0.600. The summed E-state index contributed by atoms with van der Waals surface area (Å²) in [6.07, 6.45) is 0. The van der Waals surface area contributed by atoms with Crippen LogP contribution in [0.15, 0.2) is 0 Å². The lowest BCUT2D eigenvalue weighted by atomic mass is 9.81. The first-order valence-electron chi connectivity index (χ1n) is 7.15. The van der Waals surface area contributed by atoms with Gasteiger partial charge in [0.05, 0.1) is 16.8 Å². The van der Waals surface area contributed by atoms with Crippen LogP contribution >= 0.6 is 11.3 Å². The number of nitrogen functional groups attached to an aromatic ring is 1. The maximum atomic E-state index is 12.4. The highest BCUT2D eigenvalue weighted by Crippen LogP contribution is 2.35. The summed E-state index contributed by atoms with van der Waals surface area (Å²) < 4.78 is 1.78. The quantitative estimate of drug-likeness (QED) is 0.912. The molecule has 0 aliphatic heterocycles. The lowest BCUT2D eigenvalue weighted by molar-refractivity contribution is 0.0930. The molecule has 0 bridgehead atoms. The lowest BCUT2D eigenvalue weighted by Crippen LogP contribution is -2.36. The minimum absolute atomic E-state index is 0.0541. The number of nitrogens with one attached hydrogen (secondary N) is 1. The molecule has 0 saturated heterocycles. The molecule has 116 valence electrons. The summed E-state index contributed by atoms with van der Waals surface area (Å²) in [6.45, 7) is 11.2. The summed E-state index contributed by atoms with van der Waals surface area (Å²) in [5, 5.41) is 8.25. The van der Waals surface area contributed by atoms with E-state index in [0.717, 1.165) is 15.9 Å². The summed E-state index contributed by atoms with van der Waals surface area (Å²) in [7, 11) is 1.87. The third kappa shape index (κ3) is 2.77. The average molecular weight is 308 g/mol. The van der Waals surface area contributed by atoms with Gasteiger partial charge in [0.1, 0.15) is 9.71 Å². The zero-order valence-corrected chi connectivity index (χ0v) is 14.4. The van der Waals surface area contributed by atoms with Gasteiger partial charge in [0.2, 0.25) is 0 Å². The van der Waals surface area contributed by atoms with Gasteiger partial charge in [0, 0.05) is 13.6 Å². The Kier molecular flexibility index (Phi) is 4.02. The summed E-state index contributed by atoms with van der Waals surface area (Å²) in [4.78, 5) is 13.9. The molecular formula is C15H24N4OS. The van der Waals surface area contributed by atoms with Crippen LogP contribution in [0.5, 0.6) is 0 Å². The second-order valence-corrected chi connectivity index (χ2v) is 7.56. The van der Waals surface area contributed by atoms with Gasteiger partial charge in [-0.3, -0.25) is 9.48 Å². The van der Waals surface area contributed by atoms with E-state index >= 15 is 0 Å². The van der Waals surface area contributed by atoms with E-state index in [1.54, 1.807) is 4.68 Å². The van der Waals surface area contributed by atoms with Crippen molar-refractivity contribution in [2.75, 3.05) is 12.3 Å². The van der Waals surface area contributed by atoms with Crippen LogP contribution in [-0.2, 0) is 7.05 Å². The van der Waals surface area contributed by atoms with E-state index in [1.165, 1.54) is 11.3 Å². The molecule has 0 aromatic carbocycles. The van der Waals surface area contributed by atoms with Gasteiger partial charge in [-0.2, -0.15) is 5.10 Å². The number of thiophene rings is 1. The molecule has 2 aromatic rings. The molecule has 21 heavy (non-hydrogen) atoms. The van der Waals surface area contributed by atoms with Crippen molar-refractivity contribution < 1.29 is 4.79 Å². The first-order chi connectivity index (χ1) is 9.65. The predicted octanol–water partition coefficient (Wildman–Crippen LogP) is 2.94. The number of hydrogen-bond donors (Lipinski definition) is 2. The third-order valence-electron chi connectivity index (χ3n) is 4.36. The second-order valence-electron chi connectivity index (χ2n) is 6.56. The highest BCUT2D eigenvalue weighted by Gasteiger charge is 2.25. The molecular weight excluding hydrogens is 284 g/mol. The van der Waals surface area contributed by atoms with Crippen molar-refractivity contribution in [1.82, 2.24) is 15.1 Å². The SMILES string of the molecule is Cc1nn(C)c2sc(C(=O)NCC(C)(C)C(C)C)c(N)c12. The maximum absolute atomic E-state index is 12.4. The fourth-order valence-corrected chi connectivity index (χ4v) is 3.19. The molecule has 6 heteroatoms. The average Bonchev–Trinajstić information content (AvgIpc) is 2.86. The first kappa shape index (κ1) is 15.8. The Balaban J connectivity index is 2.25. The van der Waals surface area contributed by atoms with Crippen LogP contribution in [0, 0.1) is 18.3 Å². The molecule has 3 N–H and O–H groups in total. The van der Waals surface area contributed by atoms with Crippen LogP contribution in [0.1, 0.15) is 43.1 Å². The lowest BCUT2D eigenvalue weighted by Gasteiger charge is -2.29. The number of carbonyl (C=O) groups is 1. The molecule has 0 unspecified atom stereocenters. The Morgan fingerprint density at radius 3 is 2.62 bits per heavy atom. The number of carbonyl (C=O) groups excluding carboxylic acids is 1. The minimum Gasteiger partial charge on any atom is -0.397 e. The Bertz CT molecular complexity index is 681. The Morgan fingerprint density at radius 2 is 2.10 bits per heavy atom. The molecule has 0 aliphatic carbocycles. The molecule has 2 heterocycles. The number of nitrogens with zero attached hydrogens (tertiary/aromatic N) is 2. The minimum atomic E-state index is -0.0955. The van der Waals surface area contributed by atoms with Gasteiger partial charge in [0.25, 0.3) is 5.91 Å². The molecule has 2 aromatic heterocycles. The Hall–Kier alpha value is -1.56. The number of nitrogens with two attached hydrogens (primary N) is 1. The van der Waals surface area contributed by atoms with Crippen LogP contribution in [0.4, 0.5) is 5.69 Å². The summed E-state index contributed by atoms with van der Waals surface area (Å²) >= 11 is 1.40. The number of rotatable bonds is 4. The van der Waals surface area contributed by atoms with Gasteiger partial charge in [0.15, 0.2) is 0 Å². The van der Waals surface area contributed by atoms with Crippen LogP contribution in [0.2, 0.25) is 0 Å². The highest BCUT2D eigenvalue weighted by atomic mass is 32.1. The number of fused-ring (bicyclic) bond motifs is 1. The predicted molar refractivity (Wildman–Crippen MR) is 88.7 cm³/mol. The molecule has 0 aliphatic rings. The number of amides is 1. The maximum Gasteiger partial charge on any atom is 0.263 e. The molecule has 5 nitrogen and oxygen atoms in total. The van der Waals surface area contributed by atoms with E-state index < -0.39 is 0 Å². The van der Waals surface area contributed by atoms with Crippen LogP contribution in [0.25, 0.3) is 10.2 Å². The van der Waals surface area contributed by atoms with Gasteiger partial charge in [-0.25, -0.2) is 0 Å². The van der Waals surface area contributed by atoms with Crippen molar-refractivity contribution in [2.45, 2.75) is 34.6 Å². The number of anilines is 1. The zero-order valence-electron chi connectivity index (χ0n) is 13.6. The molecule has 1 amide bonds. The van der Waals surface area contributed by atoms with Crippen LogP contribution < -0.4 is 11.1 Å². The summed E-state index contributed by atoms with van der Waals surface area (Å²) in [5.41, 5.74) is 7.61. The first-order valence-corrected chi connectivity index (χ1v) is 7.96. The second kappa shape index (κ2) is 5.33. The standard InChI is InChI=1S/C15H24N4OS/c1-8(2)15(4,5)7-17-13(20)12-11(16)10-9(3)18-19(6)14(10)21-12/h8H,7,16H2,1-6H3,(H,17,20). The van der Waals surface area contributed by atoms with Gasteiger partial charge < -0.3 is 11.1 Å². The molecule has 0 radical (unpaired) electrons. The van der Waals surface area contributed by atoms with Gasteiger partial charge >= 0.3 is 0 Å². The summed E-state index contributed by atoms with van der Waals surface area (Å²) in [6, 6.07) is 0. The van der Waals surface area contributed by atoms with Crippen molar-refractivity contribution in [1.29, 1.82) is 0 Å². The van der Waals surface area contributed by atoms with Crippen molar-refractivity contribution in [3.8, 4) is 0 Å². The highest BCUT2D eigenvalue weighted by molar-refractivity contribution is 7.21. The van der Waals surface area contributed by atoms with Crippen molar-refractivity contribution in [3.63, 3.8) is 0 Å². The van der Waals surface area contributed by atoms with Crippen molar-refractivity contribution in [3.05, 3.63) is 10.6 Å². The molecule has 0 atom stereocenters. The summed E-state index contributed by atoms with van der Waals surface area (Å²) in [5.74, 6) is 0.394. The van der Waals surface area contributed by atoms with E-state index in [0.29, 0.717) is 23.0 Å². The van der Waals surface area contributed by atoms with Crippen LogP contribution in [-0.4, -0.2) is 22.2 Å². The van der Waals surface area contributed by atoms with E-state index in [1.807, 2.05) is 14.0 Å². The van der Waals surface area contributed by atoms with Crippen LogP contribution in [0.3, 0.4) is 0 Å². The van der Waals surface area contributed by atoms with Gasteiger partial charge in [-0.15, -0.1) is 11.3 Å². The normalized spacial score (nSPS) is 12.3. The molecule has 0 fully saturated rings. The van der Waals surface area contributed by atoms with Gasteiger partial charge in [-0.05, 0) is 18.3 Å².